The molecule has 1 aliphatic rings. The molecule has 43 heavy (non-hydrogen) atoms. The number of hydrogen-bond acceptors (Lipinski definition) is 4. The molecule has 1 N–H and O–H groups in total. The summed E-state index contributed by atoms with van der Waals surface area (Å²) in [6, 6.07) is 16.1. The molecule has 2 amide bonds. The van der Waals surface area contributed by atoms with E-state index in [0.29, 0.717) is 28.3 Å². The van der Waals surface area contributed by atoms with Crippen LogP contribution < -0.4 is 9.62 Å². The number of hydrogen-bond donors (Lipinski definition) is 1. The summed E-state index contributed by atoms with van der Waals surface area (Å²) in [5, 5.41) is 3.56. The maximum absolute atomic E-state index is 14.2. The van der Waals surface area contributed by atoms with Gasteiger partial charge in [0, 0.05) is 17.6 Å². The average molecular weight is 628 g/mol. The standard InChI is InChI=1S/C33H39ClFN3O4S/c1-4-30(33(40)36-28-8-6-5-7-9-28)37(21-25-12-15-27(35)16-13-25)32(39)22-38(31-19-14-26(34)20-24(31)3)43(41,42)29-17-10-23(2)11-18-29/h10-20,28,30H,4-9,21-22H2,1-3H3,(H,36,40)/t30-/m0/s1. The normalized spacial score (nSPS) is 14.6. The monoisotopic (exact) mass is 627 g/mol. The first-order chi connectivity index (χ1) is 20.5. The Labute approximate surface area is 259 Å². The molecule has 1 fully saturated rings. The van der Waals surface area contributed by atoms with Crippen LogP contribution >= 0.6 is 11.6 Å². The fourth-order valence-corrected chi connectivity index (χ4v) is 7.21. The Morgan fingerprint density at radius 2 is 1.63 bits per heavy atom. The molecule has 10 heteroatoms. The largest absolute Gasteiger partial charge is 0.352 e. The lowest BCUT2D eigenvalue weighted by molar-refractivity contribution is -0.140. The van der Waals surface area contributed by atoms with Crippen molar-refractivity contribution in [3.8, 4) is 0 Å². The van der Waals surface area contributed by atoms with Crippen LogP contribution in [0.3, 0.4) is 0 Å². The van der Waals surface area contributed by atoms with Crippen molar-refractivity contribution in [2.24, 2.45) is 0 Å². The second kappa shape index (κ2) is 14.4. The number of sulfonamides is 1. The molecule has 0 aliphatic heterocycles. The number of nitrogens with zero attached hydrogens (tertiary/aromatic N) is 2. The van der Waals surface area contributed by atoms with Gasteiger partial charge in [0.2, 0.25) is 11.8 Å². The Kier molecular flexibility index (Phi) is 10.8. The van der Waals surface area contributed by atoms with Crippen LogP contribution in [0.2, 0.25) is 5.02 Å². The van der Waals surface area contributed by atoms with Crippen LogP contribution in [0, 0.1) is 19.7 Å². The van der Waals surface area contributed by atoms with Crippen molar-refractivity contribution in [2.75, 3.05) is 10.8 Å². The number of carbonyl (C=O) groups excluding carboxylic acids is 2. The van der Waals surface area contributed by atoms with Crippen molar-refractivity contribution < 1.29 is 22.4 Å². The van der Waals surface area contributed by atoms with E-state index in [-0.39, 0.29) is 23.4 Å². The van der Waals surface area contributed by atoms with Gasteiger partial charge >= 0.3 is 0 Å². The number of halogens is 2. The van der Waals surface area contributed by atoms with Gasteiger partial charge in [-0.05, 0) is 86.7 Å². The minimum atomic E-state index is -4.20. The van der Waals surface area contributed by atoms with Crippen molar-refractivity contribution >= 4 is 39.1 Å². The van der Waals surface area contributed by atoms with E-state index >= 15 is 0 Å². The summed E-state index contributed by atoms with van der Waals surface area (Å²) in [7, 11) is -4.20. The quantitative estimate of drug-likeness (QED) is 0.261. The van der Waals surface area contributed by atoms with Gasteiger partial charge in [-0.1, -0.05) is 67.6 Å². The summed E-state index contributed by atoms with van der Waals surface area (Å²) < 4.78 is 42.9. The van der Waals surface area contributed by atoms with Crippen LogP contribution in [0.1, 0.15) is 62.1 Å². The summed E-state index contributed by atoms with van der Waals surface area (Å²) >= 11 is 6.19. The van der Waals surface area contributed by atoms with E-state index in [9.17, 15) is 22.4 Å². The van der Waals surface area contributed by atoms with Gasteiger partial charge in [0.15, 0.2) is 0 Å². The highest BCUT2D eigenvalue weighted by Crippen LogP contribution is 2.30. The SMILES string of the molecule is CC[C@@H](C(=O)NC1CCCCC1)N(Cc1ccc(F)cc1)C(=O)CN(c1ccc(Cl)cc1C)S(=O)(=O)c1ccc(C)cc1. The molecule has 0 bridgehead atoms. The van der Waals surface area contributed by atoms with E-state index in [0.717, 1.165) is 42.0 Å². The van der Waals surface area contributed by atoms with Crippen LogP contribution in [-0.2, 0) is 26.2 Å². The molecular formula is C33H39ClFN3O4S. The van der Waals surface area contributed by atoms with E-state index in [1.54, 1.807) is 49.4 Å². The Morgan fingerprint density at radius 3 is 2.23 bits per heavy atom. The van der Waals surface area contributed by atoms with Gasteiger partial charge in [-0.25, -0.2) is 12.8 Å². The highest BCUT2D eigenvalue weighted by Gasteiger charge is 2.35. The minimum Gasteiger partial charge on any atom is -0.352 e. The van der Waals surface area contributed by atoms with Gasteiger partial charge in [0.25, 0.3) is 10.0 Å². The predicted molar refractivity (Wildman–Crippen MR) is 168 cm³/mol. The average Bonchev–Trinajstić information content (AvgIpc) is 2.98. The Hall–Kier alpha value is -3.43. The minimum absolute atomic E-state index is 0.00766. The van der Waals surface area contributed by atoms with Gasteiger partial charge in [0.05, 0.1) is 10.6 Å². The maximum Gasteiger partial charge on any atom is 0.264 e. The molecule has 1 aliphatic carbocycles. The summed E-state index contributed by atoms with van der Waals surface area (Å²) in [6.45, 7) is 4.87. The lowest BCUT2D eigenvalue weighted by Gasteiger charge is -2.34. The third kappa shape index (κ3) is 8.15. The van der Waals surface area contributed by atoms with Gasteiger partial charge < -0.3 is 10.2 Å². The molecule has 4 rings (SSSR count). The molecule has 0 spiro atoms. The second-order valence-electron chi connectivity index (χ2n) is 11.2. The molecule has 1 saturated carbocycles. The van der Waals surface area contributed by atoms with Crippen LogP contribution in [0.25, 0.3) is 0 Å². The van der Waals surface area contributed by atoms with E-state index in [2.05, 4.69) is 5.32 Å². The summed E-state index contributed by atoms with van der Waals surface area (Å²) in [5.41, 5.74) is 2.39. The van der Waals surface area contributed by atoms with Gasteiger partial charge in [-0.3, -0.25) is 13.9 Å². The fourth-order valence-electron chi connectivity index (χ4n) is 5.50. The molecule has 230 valence electrons. The summed E-state index contributed by atoms with van der Waals surface area (Å²) in [4.78, 5) is 29.3. The Morgan fingerprint density at radius 1 is 0.977 bits per heavy atom. The number of anilines is 1. The highest BCUT2D eigenvalue weighted by molar-refractivity contribution is 7.92. The van der Waals surface area contributed by atoms with Crippen molar-refractivity contribution in [2.45, 2.75) is 82.8 Å². The third-order valence-electron chi connectivity index (χ3n) is 7.92. The number of aryl methyl sites for hydroxylation is 2. The smallest absolute Gasteiger partial charge is 0.264 e. The van der Waals surface area contributed by atoms with Crippen molar-refractivity contribution in [1.29, 1.82) is 0 Å². The van der Waals surface area contributed by atoms with Crippen molar-refractivity contribution in [3.63, 3.8) is 0 Å². The summed E-state index contributed by atoms with van der Waals surface area (Å²) in [5.74, 6) is -1.25. The number of amides is 2. The fraction of sp³-hybridized carbons (Fsp3) is 0.394. The first-order valence-electron chi connectivity index (χ1n) is 14.7. The molecular weight excluding hydrogens is 589 g/mol. The summed E-state index contributed by atoms with van der Waals surface area (Å²) in [6.07, 6.45) is 5.28. The molecule has 0 radical (unpaired) electrons. The van der Waals surface area contributed by atoms with Crippen molar-refractivity contribution in [3.05, 3.63) is 94.3 Å². The zero-order valence-corrected chi connectivity index (χ0v) is 26.4. The van der Waals surface area contributed by atoms with Gasteiger partial charge in [-0.15, -0.1) is 0 Å². The first-order valence-corrected chi connectivity index (χ1v) is 16.5. The first kappa shape index (κ1) is 32.5. The topological polar surface area (TPSA) is 86.8 Å². The molecule has 7 nitrogen and oxygen atoms in total. The van der Waals surface area contributed by atoms with Crippen LogP contribution in [-0.4, -0.2) is 43.8 Å². The maximum atomic E-state index is 14.2. The van der Waals surface area contributed by atoms with Gasteiger partial charge in [0.1, 0.15) is 18.4 Å². The Balaban J connectivity index is 1.72. The van der Waals surface area contributed by atoms with E-state index < -0.39 is 34.3 Å². The zero-order valence-electron chi connectivity index (χ0n) is 24.9. The van der Waals surface area contributed by atoms with Crippen LogP contribution in [0.4, 0.5) is 10.1 Å². The lowest BCUT2D eigenvalue weighted by atomic mass is 9.95. The lowest BCUT2D eigenvalue weighted by Crippen LogP contribution is -2.54. The molecule has 0 unspecified atom stereocenters. The molecule has 3 aromatic rings. The van der Waals surface area contributed by atoms with Crippen molar-refractivity contribution in [1.82, 2.24) is 10.2 Å². The highest BCUT2D eigenvalue weighted by atomic mass is 35.5. The van der Waals surface area contributed by atoms with E-state index in [1.807, 2.05) is 13.8 Å². The molecule has 1 atom stereocenters. The second-order valence-corrected chi connectivity index (χ2v) is 13.5. The number of nitrogens with one attached hydrogen (secondary N) is 1. The molecule has 3 aromatic carbocycles. The third-order valence-corrected chi connectivity index (χ3v) is 9.93. The number of benzene rings is 3. The van der Waals surface area contributed by atoms with Gasteiger partial charge in [-0.2, -0.15) is 0 Å². The molecule has 0 saturated heterocycles. The molecule has 0 aromatic heterocycles. The Bertz CT molecular complexity index is 1520. The molecule has 0 heterocycles. The van der Waals surface area contributed by atoms with Crippen LogP contribution in [0.15, 0.2) is 71.6 Å². The predicted octanol–water partition coefficient (Wildman–Crippen LogP) is 6.55. The van der Waals surface area contributed by atoms with E-state index in [4.69, 9.17) is 11.6 Å². The van der Waals surface area contributed by atoms with E-state index in [1.165, 1.54) is 29.2 Å². The number of rotatable bonds is 11. The van der Waals surface area contributed by atoms with Crippen LogP contribution in [0.5, 0.6) is 0 Å². The zero-order chi connectivity index (χ0) is 31.1. The number of carbonyl (C=O) groups is 2.